The van der Waals surface area contributed by atoms with Gasteiger partial charge in [-0.2, -0.15) is 5.10 Å². The summed E-state index contributed by atoms with van der Waals surface area (Å²) >= 11 is 13.5. The Kier molecular flexibility index (Phi) is 5.48. The summed E-state index contributed by atoms with van der Waals surface area (Å²) in [5.74, 6) is -2.94. The molecule has 0 spiro atoms. The predicted molar refractivity (Wildman–Crippen MR) is 112 cm³/mol. The maximum absolute atomic E-state index is 15.0. The van der Waals surface area contributed by atoms with Crippen LogP contribution in [0.15, 0.2) is 52.5 Å². The quantitative estimate of drug-likeness (QED) is 0.375. The molecule has 5 nitrogen and oxygen atoms in total. The SMILES string of the molecule is CCn1cc(-n2c(Cl)c(Sc3cccc(C(=O)O)c3F)c3ccc(Cl)c(F)c32)cn1. The smallest absolute Gasteiger partial charge is 0.338 e. The summed E-state index contributed by atoms with van der Waals surface area (Å²) in [5, 5.41) is 13.8. The fraction of sp³-hybridized carbons (Fsp3) is 0.100. The van der Waals surface area contributed by atoms with Gasteiger partial charge in [-0.3, -0.25) is 9.25 Å². The van der Waals surface area contributed by atoms with Crippen LogP contribution in [0, 0.1) is 11.6 Å². The number of hydrogen-bond acceptors (Lipinski definition) is 3. The summed E-state index contributed by atoms with van der Waals surface area (Å²) in [6.07, 6.45) is 3.24. The highest BCUT2D eigenvalue weighted by molar-refractivity contribution is 7.99. The van der Waals surface area contributed by atoms with Crippen LogP contribution in [0.5, 0.6) is 0 Å². The minimum Gasteiger partial charge on any atom is -0.478 e. The van der Waals surface area contributed by atoms with Crippen LogP contribution in [0.4, 0.5) is 8.78 Å². The van der Waals surface area contributed by atoms with E-state index in [1.165, 1.54) is 35.0 Å². The Hall–Kier alpha value is -2.55. The number of benzene rings is 2. The van der Waals surface area contributed by atoms with E-state index in [1.54, 1.807) is 16.9 Å². The first kappa shape index (κ1) is 20.7. The molecular formula is C20H13Cl2F2N3O2S. The molecule has 2 aromatic carbocycles. The van der Waals surface area contributed by atoms with Gasteiger partial charge in [0.1, 0.15) is 5.15 Å². The molecule has 2 heterocycles. The van der Waals surface area contributed by atoms with Crippen molar-refractivity contribution in [1.29, 1.82) is 0 Å². The van der Waals surface area contributed by atoms with Crippen LogP contribution in [0.2, 0.25) is 10.2 Å². The molecule has 0 aliphatic carbocycles. The van der Waals surface area contributed by atoms with Crippen LogP contribution in [0.3, 0.4) is 0 Å². The number of carboxylic acid groups (broad SMARTS) is 1. The Balaban J connectivity index is 1.96. The van der Waals surface area contributed by atoms with Gasteiger partial charge in [0, 0.05) is 23.0 Å². The number of rotatable bonds is 5. The number of fused-ring (bicyclic) bond motifs is 1. The highest BCUT2D eigenvalue weighted by Crippen LogP contribution is 2.45. The van der Waals surface area contributed by atoms with E-state index in [2.05, 4.69) is 5.10 Å². The van der Waals surface area contributed by atoms with Gasteiger partial charge < -0.3 is 5.11 Å². The number of nitrogens with zero attached hydrogens (tertiary/aromatic N) is 3. The second-order valence-electron chi connectivity index (χ2n) is 6.29. The Morgan fingerprint density at radius 3 is 2.63 bits per heavy atom. The molecule has 4 aromatic rings. The van der Waals surface area contributed by atoms with Crippen LogP contribution in [0.25, 0.3) is 16.6 Å². The monoisotopic (exact) mass is 467 g/mol. The highest BCUT2D eigenvalue weighted by Gasteiger charge is 2.24. The summed E-state index contributed by atoms with van der Waals surface area (Å²) in [6.45, 7) is 2.51. The average Bonchev–Trinajstić information content (AvgIpc) is 3.29. The van der Waals surface area contributed by atoms with E-state index in [4.69, 9.17) is 23.2 Å². The summed E-state index contributed by atoms with van der Waals surface area (Å²) in [7, 11) is 0. The third-order valence-electron chi connectivity index (χ3n) is 4.53. The molecule has 0 aliphatic rings. The molecule has 0 radical (unpaired) electrons. The first-order valence-electron chi connectivity index (χ1n) is 8.73. The first-order chi connectivity index (χ1) is 14.3. The van der Waals surface area contributed by atoms with Crippen LogP contribution in [-0.2, 0) is 6.54 Å². The lowest BCUT2D eigenvalue weighted by Crippen LogP contribution is -2.01. The van der Waals surface area contributed by atoms with Crippen molar-refractivity contribution >= 4 is 51.8 Å². The number of hydrogen-bond donors (Lipinski definition) is 1. The lowest BCUT2D eigenvalue weighted by Gasteiger charge is -2.06. The van der Waals surface area contributed by atoms with E-state index in [0.29, 0.717) is 22.5 Å². The van der Waals surface area contributed by atoms with Crippen molar-refractivity contribution in [3.63, 3.8) is 0 Å². The van der Waals surface area contributed by atoms with Gasteiger partial charge in [0.25, 0.3) is 0 Å². The van der Waals surface area contributed by atoms with Gasteiger partial charge in [0.2, 0.25) is 0 Å². The number of aromatic nitrogens is 3. The number of aryl methyl sites for hydroxylation is 1. The molecule has 0 unspecified atom stereocenters. The van der Waals surface area contributed by atoms with Crippen molar-refractivity contribution in [2.75, 3.05) is 0 Å². The van der Waals surface area contributed by atoms with Crippen molar-refractivity contribution < 1.29 is 18.7 Å². The van der Waals surface area contributed by atoms with Crippen molar-refractivity contribution in [3.05, 3.63) is 70.1 Å². The summed E-state index contributed by atoms with van der Waals surface area (Å²) in [5.41, 5.74) is 0.179. The van der Waals surface area contributed by atoms with E-state index in [0.717, 1.165) is 11.8 Å². The molecule has 0 bridgehead atoms. The predicted octanol–water partition coefficient (Wildman–Crippen LogP) is 6.28. The number of halogens is 4. The van der Waals surface area contributed by atoms with Crippen molar-refractivity contribution in [3.8, 4) is 5.69 Å². The maximum Gasteiger partial charge on any atom is 0.338 e. The fourth-order valence-electron chi connectivity index (χ4n) is 3.10. The van der Waals surface area contributed by atoms with Gasteiger partial charge in [-0.05, 0) is 31.2 Å². The van der Waals surface area contributed by atoms with Crippen LogP contribution in [0.1, 0.15) is 17.3 Å². The molecule has 4 rings (SSSR count). The van der Waals surface area contributed by atoms with Gasteiger partial charge in [0.15, 0.2) is 11.6 Å². The molecular weight excluding hydrogens is 455 g/mol. The minimum absolute atomic E-state index is 0.0514. The van der Waals surface area contributed by atoms with Gasteiger partial charge in [-0.15, -0.1) is 0 Å². The molecule has 0 saturated carbocycles. The highest BCUT2D eigenvalue weighted by atomic mass is 35.5. The Labute approximate surface area is 183 Å². The molecule has 0 fully saturated rings. The second-order valence-corrected chi connectivity index (χ2v) is 8.11. The van der Waals surface area contributed by atoms with E-state index >= 15 is 4.39 Å². The number of aromatic carboxylic acids is 1. The molecule has 154 valence electrons. The van der Waals surface area contributed by atoms with Crippen LogP contribution >= 0.6 is 35.0 Å². The van der Waals surface area contributed by atoms with Gasteiger partial charge in [-0.1, -0.05) is 41.0 Å². The topological polar surface area (TPSA) is 60.0 Å². The van der Waals surface area contributed by atoms with Crippen molar-refractivity contribution in [1.82, 2.24) is 14.3 Å². The molecule has 0 amide bonds. The first-order valence-corrected chi connectivity index (χ1v) is 10.3. The Morgan fingerprint density at radius 1 is 1.20 bits per heavy atom. The van der Waals surface area contributed by atoms with Crippen LogP contribution in [-0.4, -0.2) is 25.4 Å². The Morgan fingerprint density at radius 2 is 1.97 bits per heavy atom. The largest absolute Gasteiger partial charge is 0.478 e. The second kappa shape index (κ2) is 7.94. The number of carbonyl (C=O) groups is 1. The van der Waals surface area contributed by atoms with Crippen molar-refractivity contribution in [2.24, 2.45) is 0 Å². The summed E-state index contributed by atoms with van der Waals surface area (Å²) in [6, 6.07) is 7.03. The normalized spacial score (nSPS) is 11.4. The molecule has 2 aromatic heterocycles. The van der Waals surface area contributed by atoms with Crippen LogP contribution < -0.4 is 0 Å². The third-order valence-corrected chi connectivity index (χ3v) is 6.44. The molecule has 0 aliphatic heterocycles. The standard InChI is InChI=1S/C20H13Cl2F2N3O2S/c1-2-26-9-10(8-25-26)27-17-12(6-7-13(21)16(17)24)18(19(27)22)30-14-5-3-4-11(15(14)23)20(28)29/h3-9H,2H2,1H3,(H,28,29). The molecule has 30 heavy (non-hydrogen) atoms. The lowest BCUT2D eigenvalue weighted by atomic mass is 10.2. The van der Waals surface area contributed by atoms with E-state index in [-0.39, 0.29) is 20.6 Å². The summed E-state index contributed by atoms with van der Waals surface area (Å²) in [4.78, 5) is 11.7. The zero-order valence-electron chi connectivity index (χ0n) is 15.4. The van der Waals surface area contributed by atoms with E-state index in [1.807, 2.05) is 6.92 Å². The minimum atomic E-state index is -1.38. The lowest BCUT2D eigenvalue weighted by molar-refractivity contribution is 0.0691. The summed E-state index contributed by atoms with van der Waals surface area (Å²) < 4.78 is 32.8. The fourth-order valence-corrected chi connectivity index (χ4v) is 4.67. The molecule has 0 atom stereocenters. The zero-order valence-corrected chi connectivity index (χ0v) is 17.7. The van der Waals surface area contributed by atoms with Crippen molar-refractivity contribution in [2.45, 2.75) is 23.3 Å². The molecule has 1 N–H and O–H groups in total. The van der Waals surface area contributed by atoms with Gasteiger partial charge >= 0.3 is 5.97 Å². The third kappa shape index (κ3) is 3.34. The molecule has 0 saturated heterocycles. The average molecular weight is 468 g/mol. The maximum atomic E-state index is 15.0. The zero-order chi connectivity index (χ0) is 21.6. The van der Waals surface area contributed by atoms with E-state index in [9.17, 15) is 14.3 Å². The number of carboxylic acids is 1. The van der Waals surface area contributed by atoms with Gasteiger partial charge in [-0.25, -0.2) is 13.6 Å². The molecule has 10 heteroatoms. The van der Waals surface area contributed by atoms with E-state index < -0.39 is 23.2 Å². The van der Waals surface area contributed by atoms with Gasteiger partial charge in [0.05, 0.1) is 32.9 Å². The Bertz CT molecular complexity index is 1300.